The molecule has 10 heteroatoms. The van der Waals surface area contributed by atoms with Crippen LogP contribution in [-0.4, -0.2) is 18.1 Å². The second-order valence-corrected chi connectivity index (χ2v) is 6.62. The largest absolute Gasteiger partial charge is 0.487 e. The van der Waals surface area contributed by atoms with Gasteiger partial charge in [-0.15, -0.1) is 0 Å². The van der Waals surface area contributed by atoms with Gasteiger partial charge < -0.3 is 4.74 Å². The smallest absolute Gasteiger partial charge is 0.416 e. The number of alkyl halides is 3. The van der Waals surface area contributed by atoms with Crippen LogP contribution in [0.5, 0.6) is 5.75 Å². The van der Waals surface area contributed by atoms with Crippen molar-refractivity contribution in [1.82, 2.24) is 0 Å². The Bertz CT molecular complexity index is 910. The molecule has 134 valence electrons. The van der Waals surface area contributed by atoms with Crippen LogP contribution in [0.3, 0.4) is 0 Å². The maximum Gasteiger partial charge on any atom is 0.416 e. The summed E-state index contributed by atoms with van der Waals surface area (Å²) in [6.07, 6.45) is -4.54. The van der Waals surface area contributed by atoms with Crippen molar-refractivity contribution in [3.05, 3.63) is 64.2 Å². The van der Waals surface area contributed by atoms with E-state index in [1.165, 1.54) is 24.3 Å². The topological polar surface area (TPSA) is 80.7 Å². The number of hydrogen-bond acceptors (Lipinski definition) is 4. The van der Waals surface area contributed by atoms with Crippen LogP contribution in [0, 0.1) is 0 Å². The summed E-state index contributed by atoms with van der Waals surface area (Å²) >= 11 is 5.75. The van der Waals surface area contributed by atoms with E-state index >= 15 is 0 Å². The second-order valence-electron chi connectivity index (χ2n) is 4.89. The highest BCUT2D eigenvalue weighted by Crippen LogP contribution is 2.34. The molecule has 1 N–H and O–H groups in total. The van der Waals surface area contributed by atoms with E-state index in [9.17, 15) is 26.4 Å². The molecule has 0 radical (unpaired) electrons. The van der Waals surface area contributed by atoms with Gasteiger partial charge in [0, 0.05) is 5.56 Å². The van der Waals surface area contributed by atoms with Crippen molar-refractivity contribution in [2.24, 2.45) is 0 Å². The highest BCUT2D eigenvalue weighted by atomic mass is 35.5. The van der Waals surface area contributed by atoms with Crippen molar-refractivity contribution in [3.63, 3.8) is 0 Å². The van der Waals surface area contributed by atoms with Crippen LogP contribution >= 0.6 is 11.6 Å². The van der Waals surface area contributed by atoms with Crippen LogP contribution in [-0.2, 0) is 22.9 Å². The van der Waals surface area contributed by atoms with Gasteiger partial charge in [0.2, 0.25) is 0 Å². The fourth-order valence-electron chi connectivity index (χ4n) is 1.89. The maximum absolute atomic E-state index is 12.6. The Balaban J connectivity index is 2.16. The van der Waals surface area contributed by atoms with Crippen molar-refractivity contribution in [2.75, 3.05) is 0 Å². The summed E-state index contributed by atoms with van der Waals surface area (Å²) in [5, 5.41) is -1.72. The Labute approximate surface area is 145 Å². The summed E-state index contributed by atoms with van der Waals surface area (Å²) in [5.74, 6) is -0.0128. The fraction of sp³-hybridized carbons (Fsp3) is 0.133. The van der Waals surface area contributed by atoms with Gasteiger partial charge in [-0.3, -0.25) is 9.35 Å². The van der Waals surface area contributed by atoms with Crippen LogP contribution in [0.15, 0.2) is 42.5 Å². The first-order valence-electron chi connectivity index (χ1n) is 6.59. The Morgan fingerprint density at radius 3 is 2.40 bits per heavy atom. The highest BCUT2D eigenvalue weighted by molar-refractivity contribution is 8.01. The summed E-state index contributed by atoms with van der Waals surface area (Å²) < 4.78 is 73.4. The lowest BCUT2D eigenvalue weighted by Crippen LogP contribution is -2.13. The first-order valence-corrected chi connectivity index (χ1v) is 8.40. The van der Waals surface area contributed by atoms with Gasteiger partial charge in [-0.1, -0.05) is 29.8 Å². The molecule has 0 fully saturated rings. The van der Waals surface area contributed by atoms with Crippen LogP contribution in [0.25, 0.3) is 0 Å². The molecule has 0 amide bonds. The summed E-state index contributed by atoms with van der Waals surface area (Å²) in [5.41, 5.74) is -0.849. The fourth-order valence-corrected chi connectivity index (χ4v) is 2.55. The molecule has 25 heavy (non-hydrogen) atoms. The molecule has 2 aromatic carbocycles. The van der Waals surface area contributed by atoms with Crippen molar-refractivity contribution in [3.8, 4) is 5.75 Å². The van der Waals surface area contributed by atoms with Crippen LogP contribution in [0.2, 0.25) is 5.02 Å². The van der Waals surface area contributed by atoms with Gasteiger partial charge in [0.05, 0.1) is 10.6 Å². The lowest BCUT2D eigenvalue weighted by molar-refractivity contribution is -0.137. The van der Waals surface area contributed by atoms with E-state index in [1.807, 2.05) is 0 Å². The molecular weight excluding hydrogens is 385 g/mol. The molecule has 0 aliphatic rings. The van der Waals surface area contributed by atoms with E-state index < -0.39 is 27.0 Å². The van der Waals surface area contributed by atoms with Gasteiger partial charge in [0.25, 0.3) is 0 Å². The van der Waals surface area contributed by atoms with Gasteiger partial charge in [-0.25, -0.2) is 0 Å². The molecular formula is C15H10ClF3O5S. The number of rotatable bonds is 4. The minimum absolute atomic E-state index is 0.0128. The summed E-state index contributed by atoms with van der Waals surface area (Å²) in [4.78, 5) is 11.5. The predicted molar refractivity (Wildman–Crippen MR) is 83.1 cm³/mol. The van der Waals surface area contributed by atoms with Gasteiger partial charge >= 0.3 is 21.4 Å². The van der Waals surface area contributed by atoms with Crippen molar-refractivity contribution in [1.29, 1.82) is 0 Å². The van der Waals surface area contributed by atoms with E-state index in [-0.39, 0.29) is 22.9 Å². The average Bonchev–Trinajstić information content (AvgIpc) is 2.51. The molecule has 0 aliphatic carbocycles. The maximum atomic E-state index is 12.6. The molecule has 0 saturated heterocycles. The van der Waals surface area contributed by atoms with Gasteiger partial charge in [-0.05, 0) is 29.8 Å². The quantitative estimate of drug-likeness (QED) is 0.794. The monoisotopic (exact) mass is 394 g/mol. The molecule has 0 aliphatic heterocycles. The number of benzene rings is 2. The van der Waals surface area contributed by atoms with E-state index in [4.69, 9.17) is 20.9 Å². The van der Waals surface area contributed by atoms with E-state index in [0.29, 0.717) is 5.56 Å². The molecule has 5 nitrogen and oxygen atoms in total. The van der Waals surface area contributed by atoms with E-state index in [2.05, 4.69) is 0 Å². The van der Waals surface area contributed by atoms with Gasteiger partial charge in [0.1, 0.15) is 12.4 Å². The molecule has 0 aromatic heterocycles. The van der Waals surface area contributed by atoms with Crippen LogP contribution in [0.1, 0.15) is 21.5 Å². The minimum Gasteiger partial charge on any atom is -0.487 e. The molecule has 0 saturated carbocycles. The zero-order valence-corrected chi connectivity index (χ0v) is 13.8. The van der Waals surface area contributed by atoms with Crippen molar-refractivity contribution >= 4 is 26.8 Å². The van der Waals surface area contributed by atoms with Crippen molar-refractivity contribution < 1.29 is 35.7 Å². The third-order valence-electron chi connectivity index (χ3n) is 3.05. The average molecular weight is 395 g/mol. The Morgan fingerprint density at radius 2 is 1.84 bits per heavy atom. The van der Waals surface area contributed by atoms with Gasteiger partial charge in [0.15, 0.2) is 0 Å². The third-order valence-corrected chi connectivity index (χ3v) is 4.05. The molecule has 0 atom stereocenters. The highest BCUT2D eigenvalue weighted by Gasteiger charge is 2.31. The minimum atomic E-state index is -4.87. The number of hydrogen-bond donors (Lipinski definition) is 1. The SMILES string of the molecule is O=C(c1cccc(COc2ccc(C(F)(F)F)cc2Cl)c1)S(=O)(=O)O. The van der Waals surface area contributed by atoms with Crippen molar-refractivity contribution in [2.45, 2.75) is 12.8 Å². The standard InChI is InChI=1S/C15H10ClF3O5S/c16-12-7-11(15(17,18)19)4-5-13(12)24-8-9-2-1-3-10(6-9)14(20)25(21,22)23/h1-7H,8H2,(H,21,22,23). The zero-order chi connectivity index (χ0) is 18.8. The van der Waals surface area contributed by atoms with Crippen LogP contribution in [0.4, 0.5) is 13.2 Å². The predicted octanol–water partition coefficient (Wildman–Crippen LogP) is 3.97. The molecule has 0 heterocycles. The van der Waals surface area contributed by atoms with E-state index in [0.717, 1.165) is 18.2 Å². The molecule has 0 spiro atoms. The Morgan fingerprint density at radius 1 is 1.16 bits per heavy atom. The molecule has 0 unspecified atom stereocenters. The summed E-state index contributed by atoms with van der Waals surface area (Å²) in [6.45, 7) is -0.183. The summed E-state index contributed by atoms with van der Waals surface area (Å²) in [6, 6.07) is 7.80. The number of carbonyl (C=O) groups excluding carboxylic acids is 1. The lowest BCUT2D eigenvalue weighted by atomic mass is 10.1. The van der Waals surface area contributed by atoms with Crippen LogP contribution < -0.4 is 4.74 Å². The summed E-state index contributed by atoms with van der Waals surface area (Å²) in [7, 11) is -4.87. The molecule has 2 rings (SSSR count). The zero-order valence-electron chi connectivity index (χ0n) is 12.2. The second kappa shape index (κ2) is 7.03. The molecule has 0 bridgehead atoms. The first kappa shape index (κ1) is 19.2. The van der Waals surface area contributed by atoms with Gasteiger partial charge in [-0.2, -0.15) is 21.6 Å². The van der Waals surface area contributed by atoms with E-state index in [1.54, 1.807) is 0 Å². The lowest BCUT2D eigenvalue weighted by Gasteiger charge is -2.11. The third kappa shape index (κ3) is 4.94. The normalized spacial score (nSPS) is 12.0. The number of carbonyl (C=O) groups is 1. The number of ether oxygens (including phenoxy) is 1. The Hall–Kier alpha value is -2.10. The first-order chi connectivity index (χ1) is 11.5. The number of halogens is 4. The Kier molecular flexibility index (Phi) is 5.40. The molecule has 2 aromatic rings.